The lowest BCUT2D eigenvalue weighted by atomic mass is 9.95. The van der Waals surface area contributed by atoms with Crippen LogP contribution in [-0.4, -0.2) is 17.7 Å². The summed E-state index contributed by atoms with van der Waals surface area (Å²) >= 11 is 1.98. The first-order valence-corrected chi connectivity index (χ1v) is 9.42. The first-order chi connectivity index (χ1) is 10.8. The van der Waals surface area contributed by atoms with Gasteiger partial charge in [0.2, 0.25) is 5.91 Å². The number of halogens is 1. The molecule has 1 amide bonds. The van der Waals surface area contributed by atoms with Gasteiger partial charge in [0.15, 0.2) is 0 Å². The molecule has 3 rings (SSSR count). The van der Waals surface area contributed by atoms with E-state index in [1.807, 2.05) is 23.9 Å². The van der Waals surface area contributed by atoms with Gasteiger partial charge in [-0.05, 0) is 62.4 Å². The molecule has 128 valence electrons. The zero-order chi connectivity index (χ0) is 15.4. The summed E-state index contributed by atoms with van der Waals surface area (Å²) in [7, 11) is 0. The molecule has 3 nitrogen and oxygen atoms in total. The summed E-state index contributed by atoms with van der Waals surface area (Å²) in [6.07, 6.45) is 8.60. The van der Waals surface area contributed by atoms with Crippen LogP contribution in [0.4, 0.5) is 5.69 Å². The van der Waals surface area contributed by atoms with Crippen LogP contribution in [0.3, 0.4) is 0 Å². The normalized spacial score (nSPS) is 24.4. The van der Waals surface area contributed by atoms with Crippen LogP contribution >= 0.6 is 24.2 Å². The monoisotopic (exact) mass is 354 g/mol. The van der Waals surface area contributed by atoms with Gasteiger partial charge in [0.1, 0.15) is 0 Å². The number of hydrogen-bond acceptors (Lipinski definition) is 3. The fourth-order valence-electron chi connectivity index (χ4n) is 3.71. The van der Waals surface area contributed by atoms with E-state index in [1.165, 1.54) is 30.6 Å². The molecule has 1 aromatic rings. The van der Waals surface area contributed by atoms with Crippen molar-refractivity contribution in [2.45, 2.75) is 55.1 Å². The third-order valence-corrected chi connectivity index (χ3v) is 6.37. The molecule has 1 aromatic carbocycles. The molecule has 23 heavy (non-hydrogen) atoms. The van der Waals surface area contributed by atoms with Gasteiger partial charge in [0.05, 0.1) is 0 Å². The van der Waals surface area contributed by atoms with Gasteiger partial charge in [0, 0.05) is 21.8 Å². The maximum atomic E-state index is 12.4. The third kappa shape index (κ3) is 4.88. The Kier molecular flexibility index (Phi) is 7.25. The van der Waals surface area contributed by atoms with Crippen molar-refractivity contribution in [1.82, 2.24) is 0 Å². The van der Waals surface area contributed by atoms with Crippen molar-refractivity contribution >= 4 is 35.8 Å². The van der Waals surface area contributed by atoms with E-state index in [-0.39, 0.29) is 24.2 Å². The average Bonchev–Trinajstić information content (AvgIpc) is 3.20. The summed E-state index contributed by atoms with van der Waals surface area (Å²) in [4.78, 5) is 13.7. The highest BCUT2D eigenvalue weighted by Gasteiger charge is 2.31. The second-order valence-electron chi connectivity index (χ2n) is 6.57. The third-order valence-electron chi connectivity index (χ3n) is 5.03. The molecule has 0 saturated heterocycles. The molecule has 0 bridgehead atoms. The molecule has 5 heteroatoms. The van der Waals surface area contributed by atoms with E-state index in [0.29, 0.717) is 12.5 Å². The average molecular weight is 355 g/mol. The highest BCUT2D eigenvalue weighted by atomic mass is 35.5. The zero-order valence-corrected chi connectivity index (χ0v) is 15.1. The summed E-state index contributed by atoms with van der Waals surface area (Å²) < 4.78 is 0. The van der Waals surface area contributed by atoms with Crippen LogP contribution in [0.2, 0.25) is 0 Å². The van der Waals surface area contributed by atoms with Crippen molar-refractivity contribution in [3.63, 3.8) is 0 Å². The minimum Gasteiger partial charge on any atom is -0.330 e. The number of rotatable bonds is 5. The van der Waals surface area contributed by atoms with Crippen molar-refractivity contribution in [3.05, 3.63) is 24.3 Å². The number of amides is 1. The highest BCUT2D eigenvalue weighted by molar-refractivity contribution is 8.00. The lowest BCUT2D eigenvalue weighted by Crippen LogP contribution is -2.29. The van der Waals surface area contributed by atoms with Gasteiger partial charge < -0.3 is 11.1 Å². The fraction of sp³-hybridized carbons (Fsp3) is 0.611. The number of carbonyl (C=O) groups is 1. The van der Waals surface area contributed by atoms with Gasteiger partial charge in [-0.15, -0.1) is 24.2 Å². The molecule has 2 fully saturated rings. The number of carbonyl (C=O) groups excluding carboxylic acids is 1. The van der Waals surface area contributed by atoms with Crippen LogP contribution in [-0.2, 0) is 4.79 Å². The molecule has 2 aliphatic rings. The van der Waals surface area contributed by atoms with Crippen LogP contribution in [0.1, 0.15) is 44.9 Å². The van der Waals surface area contributed by atoms with Crippen LogP contribution < -0.4 is 11.1 Å². The van der Waals surface area contributed by atoms with Crippen molar-refractivity contribution in [2.24, 2.45) is 17.6 Å². The molecule has 2 aliphatic carbocycles. The molecular formula is C18H27ClN2OS. The molecule has 0 aromatic heterocycles. The van der Waals surface area contributed by atoms with E-state index in [1.54, 1.807) is 0 Å². The number of nitrogens with one attached hydrogen (secondary N) is 1. The molecule has 0 aliphatic heterocycles. The van der Waals surface area contributed by atoms with Gasteiger partial charge in [-0.1, -0.05) is 19.3 Å². The zero-order valence-electron chi connectivity index (χ0n) is 13.5. The first-order valence-electron chi connectivity index (χ1n) is 8.54. The predicted molar refractivity (Wildman–Crippen MR) is 100 cm³/mol. The molecule has 2 saturated carbocycles. The molecule has 0 unspecified atom stereocenters. The smallest absolute Gasteiger partial charge is 0.227 e. The summed E-state index contributed by atoms with van der Waals surface area (Å²) in [6.45, 7) is 0.620. The molecular weight excluding hydrogens is 328 g/mol. The summed E-state index contributed by atoms with van der Waals surface area (Å²) in [6, 6.07) is 8.32. The second kappa shape index (κ2) is 8.95. The van der Waals surface area contributed by atoms with Gasteiger partial charge >= 0.3 is 0 Å². The molecule has 0 heterocycles. The Labute approximate surface area is 149 Å². The molecule has 3 N–H and O–H groups in total. The Hall–Kier alpha value is -0.710. The number of thioether (sulfide) groups is 1. The van der Waals surface area contributed by atoms with Crippen LogP contribution in [0.5, 0.6) is 0 Å². The fourth-order valence-corrected chi connectivity index (χ4v) is 4.96. The Balaban J connectivity index is 0.00000192. The lowest BCUT2D eigenvalue weighted by molar-refractivity contribution is -0.120. The van der Waals surface area contributed by atoms with Crippen molar-refractivity contribution in [2.75, 3.05) is 11.9 Å². The van der Waals surface area contributed by atoms with Gasteiger partial charge in [-0.2, -0.15) is 0 Å². The van der Waals surface area contributed by atoms with E-state index < -0.39 is 0 Å². The SMILES string of the molecule is Cl.NC[C@H]1CCC[C@H]1C(=O)Nc1ccc(SC2CCCC2)cc1. The topological polar surface area (TPSA) is 55.1 Å². The molecule has 2 atom stereocenters. The van der Waals surface area contributed by atoms with E-state index in [0.717, 1.165) is 30.2 Å². The maximum absolute atomic E-state index is 12.4. The van der Waals surface area contributed by atoms with E-state index >= 15 is 0 Å². The van der Waals surface area contributed by atoms with E-state index in [2.05, 4.69) is 17.4 Å². The summed E-state index contributed by atoms with van der Waals surface area (Å²) in [5, 5.41) is 3.85. The number of hydrogen-bond donors (Lipinski definition) is 2. The Morgan fingerprint density at radius 3 is 2.43 bits per heavy atom. The Morgan fingerprint density at radius 2 is 1.78 bits per heavy atom. The minimum absolute atomic E-state index is 0. The lowest BCUT2D eigenvalue weighted by Gasteiger charge is -2.17. The standard InChI is InChI=1S/C18H26N2OS.ClH/c19-12-13-4-3-7-17(13)18(21)20-14-8-10-16(11-9-14)22-15-5-1-2-6-15;/h8-11,13,15,17H,1-7,12,19H2,(H,20,21);1H/t13-,17-;/m1./s1. The highest BCUT2D eigenvalue weighted by Crippen LogP contribution is 2.35. The Morgan fingerprint density at radius 1 is 1.09 bits per heavy atom. The number of nitrogens with two attached hydrogens (primary N) is 1. The predicted octanol–water partition coefficient (Wildman–Crippen LogP) is 4.46. The second-order valence-corrected chi connectivity index (χ2v) is 7.94. The quantitative estimate of drug-likeness (QED) is 0.820. The molecule has 0 spiro atoms. The van der Waals surface area contributed by atoms with Crippen molar-refractivity contribution in [3.8, 4) is 0 Å². The minimum atomic E-state index is 0. The van der Waals surface area contributed by atoms with Gasteiger partial charge in [0.25, 0.3) is 0 Å². The Bertz CT molecular complexity index is 502. The van der Waals surface area contributed by atoms with Crippen LogP contribution in [0.15, 0.2) is 29.2 Å². The largest absolute Gasteiger partial charge is 0.330 e. The molecule has 0 radical (unpaired) electrons. The van der Waals surface area contributed by atoms with Crippen molar-refractivity contribution in [1.29, 1.82) is 0 Å². The summed E-state index contributed by atoms with van der Waals surface area (Å²) in [5.41, 5.74) is 6.68. The van der Waals surface area contributed by atoms with Crippen molar-refractivity contribution < 1.29 is 4.79 Å². The van der Waals surface area contributed by atoms with Gasteiger partial charge in [-0.3, -0.25) is 4.79 Å². The van der Waals surface area contributed by atoms with E-state index in [4.69, 9.17) is 5.73 Å². The number of benzene rings is 1. The van der Waals surface area contributed by atoms with Crippen LogP contribution in [0.25, 0.3) is 0 Å². The van der Waals surface area contributed by atoms with Crippen LogP contribution in [0, 0.1) is 11.8 Å². The van der Waals surface area contributed by atoms with E-state index in [9.17, 15) is 4.79 Å². The van der Waals surface area contributed by atoms with Gasteiger partial charge in [-0.25, -0.2) is 0 Å². The summed E-state index contributed by atoms with van der Waals surface area (Å²) in [5.74, 6) is 0.596. The number of anilines is 1. The first kappa shape index (κ1) is 18.6. The maximum Gasteiger partial charge on any atom is 0.227 e.